The van der Waals surface area contributed by atoms with Gasteiger partial charge in [0.05, 0.1) is 17.9 Å². The van der Waals surface area contributed by atoms with Crippen LogP contribution in [0.5, 0.6) is 11.5 Å². The van der Waals surface area contributed by atoms with Crippen LogP contribution in [0.4, 0.5) is 4.79 Å². The van der Waals surface area contributed by atoms with Gasteiger partial charge in [0.1, 0.15) is 5.54 Å². The fourth-order valence-electron chi connectivity index (χ4n) is 2.53. The summed E-state index contributed by atoms with van der Waals surface area (Å²) in [5.41, 5.74) is 1.49. The van der Waals surface area contributed by atoms with Crippen molar-refractivity contribution in [3.8, 4) is 11.5 Å². The summed E-state index contributed by atoms with van der Waals surface area (Å²) in [6.45, 7) is 12.8. The van der Waals surface area contributed by atoms with Crippen LogP contribution >= 0.6 is 0 Å². The maximum absolute atomic E-state index is 12.8. The molecular weight excluding hydrogens is 460 g/mol. The molecule has 2 atom stereocenters. The Morgan fingerprint density at radius 3 is 1.89 bits per heavy atom. The maximum atomic E-state index is 12.8. The van der Waals surface area contributed by atoms with E-state index in [4.69, 9.17) is 29.5 Å². The van der Waals surface area contributed by atoms with E-state index in [1.54, 1.807) is 47.6 Å². The number of nitrogens with two attached hydrogens (primary N) is 1. The van der Waals surface area contributed by atoms with Crippen LogP contribution in [0, 0.1) is 11.8 Å². The number of benzene rings is 1. The lowest BCUT2D eigenvalue weighted by molar-refractivity contribution is -0.176. The summed E-state index contributed by atoms with van der Waals surface area (Å²) >= 11 is 0. The van der Waals surface area contributed by atoms with E-state index < -0.39 is 53.8 Å². The van der Waals surface area contributed by atoms with E-state index in [2.05, 4.69) is 5.43 Å². The van der Waals surface area contributed by atoms with Crippen molar-refractivity contribution >= 4 is 24.1 Å². The fourth-order valence-corrected chi connectivity index (χ4v) is 2.53. The van der Waals surface area contributed by atoms with E-state index in [9.17, 15) is 19.2 Å². The molecule has 0 aromatic heterocycles. The van der Waals surface area contributed by atoms with Crippen LogP contribution in [0.15, 0.2) is 18.2 Å². The summed E-state index contributed by atoms with van der Waals surface area (Å²) < 4.78 is 25.7. The van der Waals surface area contributed by atoms with Crippen LogP contribution in [-0.2, 0) is 35.0 Å². The van der Waals surface area contributed by atoms with Crippen LogP contribution in [0.3, 0.4) is 0 Å². The molecule has 1 aromatic carbocycles. The molecule has 0 bridgehead atoms. The molecule has 0 amide bonds. The molecule has 0 aliphatic heterocycles. The third-order valence-corrected chi connectivity index (χ3v) is 4.57. The number of carbonyl (C=O) groups excluding carboxylic acids is 4. The summed E-state index contributed by atoms with van der Waals surface area (Å²) in [5, 5.41) is 0. The third-order valence-electron chi connectivity index (χ3n) is 4.57. The molecule has 35 heavy (non-hydrogen) atoms. The zero-order valence-electron chi connectivity index (χ0n) is 21.5. The zero-order chi connectivity index (χ0) is 26.9. The highest BCUT2D eigenvalue weighted by atomic mass is 16.8. The van der Waals surface area contributed by atoms with Crippen LogP contribution in [0.2, 0.25) is 0 Å². The number of carbonyl (C=O) groups is 4. The second kappa shape index (κ2) is 13.1. The molecule has 0 fully saturated rings. The Morgan fingerprint density at radius 2 is 1.40 bits per heavy atom. The lowest BCUT2D eigenvalue weighted by atomic mass is 9.93. The van der Waals surface area contributed by atoms with Crippen LogP contribution < -0.4 is 20.7 Å². The number of ether oxygens (including phenoxy) is 5. The smallest absolute Gasteiger partial charge is 0.431 e. The molecule has 0 radical (unpaired) electrons. The van der Waals surface area contributed by atoms with Gasteiger partial charge in [0.15, 0.2) is 11.5 Å². The minimum Gasteiger partial charge on any atom is -0.431 e. The number of esters is 3. The molecule has 0 spiro atoms. The van der Waals surface area contributed by atoms with E-state index in [0.29, 0.717) is 5.56 Å². The molecule has 1 rings (SSSR count). The lowest BCUT2D eigenvalue weighted by Crippen LogP contribution is -2.56. The van der Waals surface area contributed by atoms with E-state index in [-0.39, 0.29) is 17.9 Å². The Labute approximate surface area is 205 Å². The van der Waals surface area contributed by atoms with Gasteiger partial charge in [0, 0.05) is 13.3 Å². The first kappa shape index (κ1) is 29.9. The van der Waals surface area contributed by atoms with E-state index >= 15 is 0 Å². The second-order valence-electron chi connectivity index (χ2n) is 9.09. The van der Waals surface area contributed by atoms with Gasteiger partial charge in [-0.05, 0) is 38.5 Å². The highest BCUT2D eigenvalue weighted by Crippen LogP contribution is 2.31. The van der Waals surface area contributed by atoms with Gasteiger partial charge < -0.3 is 23.7 Å². The van der Waals surface area contributed by atoms with Gasteiger partial charge >= 0.3 is 24.1 Å². The van der Waals surface area contributed by atoms with Crippen molar-refractivity contribution in [1.82, 2.24) is 5.43 Å². The Balaban J connectivity index is 3.10. The van der Waals surface area contributed by atoms with Crippen LogP contribution in [0.25, 0.3) is 0 Å². The minimum atomic E-state index is -1.45. The first-order valence-electron chi connectivity index (χ1n) is 11.3. The predicted molar refractivity (Wildman–Crippen MR) is 125 cm³/mol. The fraction of sp³-hybridized carbons (Fsp3) is 0.583. The number of hydrazine groups is 1. The molecule has 11 heteroatoms. The van der Waals surface area contributed by atoms with Gasteiger partial charge in [-0.25, -0.2) is 15.0 Å². The van der Waals surface area contributed by atoms with Crippen LogP contribution in [0.1, 0.15) is 61.0 Å². The van der Waals surface area contributed by atoms with E-state index in [1.165, 1.54) is 26.0 Å². The molecule has 0 aliphatic rings. The van der Waals surface area contributed by atoms with Crippen molar-refractivity contribution < 1.29 is 42.9 Å². The average molecular weight is 497 g/mol. The Morgan fingerprint density at radius 1 is 0.857 bits per heavy atom. The molecule has 1 aromatic rings. The van der Waals surface area contributed by atoms with Crippen molar-refractivity contribution in [1.29, 1.82) is 0 Å². The Kier molecular flexibility index (Phi) is 11.1. The standard InChI is InChI=1S/C24H36N2O9/c1-13(2)20(27)34-18-10-9-17(11-19(18)35-21(28)14(3)4)12-24(8,26-25)22(29)32-16(7)33-23(30)31-15(5)6/h9-11,13-16,26H,12,25H2,1-8H3/t16-,24-/m0/s1. The van der Waals surface area contributed by atoms with Crippen LogP contribution in [-0.4, -0.2) is 42.0 Å². The summed E-state index contributed by atoms with van der Waals surface area (Å²) in [4.78, 5) is 48.7. The minimum absolute atomic E-state index is 0.00384. The van der Waals surface area contributed by atoms with Gasteiger partial charge in [-0.15, -0.1) is 0 Å². The number of hydrogen-bond donors (Lipinski definition) is 2. The van der Waals surface area contributed by atoms with Gasteiger partial charge in [-0.3, -0.25) is 15.4 Å². The topological polar surface area (TPSA) is 152 Å². The molecular formula is C24H36N2O9. The van der Waals surface area contributed by atoms with Crippen molar-refractivity contribution in [2.24, 2.45) is 17.7 Å². The Bertz CT molecular complexity index is 914. The molecule has 0 heterocycles. The van der Waals surface area contributed by atoms with Crippen molar-refractivity contribution in [2.75, 3.05) is 0 Å². The summed E-state index contributed by atoms with van der Waals surface area (Å²) in [6.07, 6.45) is -2.62. The SMILES string of the molecule is CC(C)OC(=O)O[C@@H](C)OC(=O)[C@](C)(Cc1ccc(OC(=O)C(C)C)c(OC(=O)C(C)C)c1)NN. The molecule has 3 N–H and O–H groups in total. The quantitative estimate of drug-likeness (QED) is 0.153. The second-order valence-corrected chi connectivity index (χ2v) is 9.09. The molecule has 0 saturated heterocycles. The van der Waals surface area contributed by atoms with Crippen molar-refractivity contribution in [3.63, 3.8) is 0 Å². The average Bonchev–Trinajstić information content (AvgIpc) is 2.74. The highest BCUT2D eigenvalue weighted by molar-refractivity contribution is 5.81. The highest BCUT2D eigenvalue weighted by Gasteiger charge is 2.36. The van der Waals surface area contributed by atoms with Gasteiger partial charge in [-0.1, -0.05) is 33.8 Å². The molecule has 0 saturated carbocycles. The molecule has 11 nitrogen and oxygen atoms in total. The first-order chi connectivity index (χ1) is 16.2. The molecule has 0 aliphatic carbocycles. The normalized spacial score (nSPS) is 13.7. The van der Waals surface area contributed by atoms with E-state index in [1.807, 2.05) is 0 Å². The number of rotatable bonds is 11. The van der Waals surface area contributed by atoms with Gasteiger partial charge in [-0.2, -0.15) is 0 Å². The number of hydrogen-bond acceptors (Lipinski definition) is 11. The number of nitrogens with one attached hydrogen (secondary N) is 1. The summed E-state index contributed by atoms with van der Waals surface area (Å²) in [7, 11) is 0. The molecule has 0 unspecified atom stereocenters. The summed E-state index contributed by atoms with van der Waals surface area (Å²) in [6, 6.07) is 4.54. The van der Waals surface area contributed by atoms with E-state index in [0.717, 1.165) is 0 Å². The monoisotopic (exact) mass is 496 g/mol. The predicted octanol–water partition coefficient (Wildman–Crippen LogP) is 3.02. The van der Waals surface area contributed by atoms with Crippen molar-refractivity contribution in [3.05, 3.63) is 23.8 Å². The largest absolute Gasteiger partial charge is 0.511 e. The lowest BCUT2D eigenvalue weighted by Gasteiger charge is -2.28. The summed E-state index contributed by atoms with van der Waals surface area (Å²) in [5.74, 6) is 3.08. The molecule has 196 valence electrons. The van der Waals surface area contributed by atoms with Gasteiger partial charge in [0.2, 0.25) is 6.29 Å². The zero-order valence-corrected chi connectivity index (χ0v) is 21.5. The van der Waals surface area contributed by atoms with Gasteiger partial charge in [0.25, 0.3) is 0 Å². The Hall–Kier alpha value is -3.18. The van der Waals surface area contributed by atoms with Crippen molar-refractivity contribution in [2.45, 2.75) is 79.7 Å². The maximum Gasteiger partial charge on any atom is 0.511 e. The first-order valence-corrected chi connectivity index (χ1v) is 11.3. The third kappa shape index (κ3) is 9.53.